The van der Waals surface area contributed by atoms with Gasteiger partial charge in [0.15, 0.2) is 0 Å². The van der Waals surface area contributed by atoms with Crippen LogP contribution in [0, 0.1) is 5.82 Å². The first-order valence-electron chi connectivity index (χ1n) is 6.02. The van der Waals surface area contributed by atoms with Crippen LogP contribution in [0.2, 0.25) is 0 Å². The van der Waals surface area contributed by atoms with Gasteiger partial charge in [-0.15, -0.1) is 0 Å². The van der Waals surface area contributed by atoms with E-state index < -0.39 is 11.7 Å². The Bertz CT molecular complexity index is 588. The Morgan fingerprint density at radius 3 is 2.05 bits per heavy atom. The summed E-state index contributed by atoms with van der Waals surface area (Å²) in [6.07, 6.45) is -4.36. The zero-order valence-electron chi connectivity index (χ0n) is 10.8. The Morgan fingerprint density at radius 1 is 0.950 bits per heavy atom. The highest BCUT2D eigenvalue weighted by atomic mass is 19.4. The standard InChI is InChI=1S/C15H13F4N/c1-20-9-12-3-2-11(8-14(12)16)10-4-6-13(7-5-10)15(17,18)19/h2-8,20H,9H2,1H3. The van der Waals surface area contributed by atoms with Crippen molar-refractivity contribution in [1.82, 2.24) is 5.32 Å². The summed E-state index contributed by atoms with van der Waals surface area (Å²) in [4.78, 5) is 0. The molecule has 20 heavy (non-hydrogen) atoms. The van der Waals surface area contributed by atoms with Crippen LogP contribution in [0.1, 0.15) is 11.1 Å². The molecule has 0 atom stereocenters. The van der Waals surface area contributed by atoms with E-state index in [1.165, 1.54) is 18.2 Å². The van der Waals surface area contributed by atoms with Gasteiger partial charge in [0.25, 0.3) is 0 Å². The Hall–Kier alpha value is -1.88. The summed E-state index contributed by atoms with van der Waals surface area (Å²) in [5.74, 6) is -0.378. The molecule has 0 saturated heterocycles. The lowest BCUT2D eigenvalue weighted by Gasteiger charge is -2.09. The van der Waals surface area contributed by atoms with Gasteiger partial charge in [0, 0.05) is 12.1 Å². The van der Waals surface area contributed by atoms with Crippen molar-refractivity contribution < 1.29 is 17.6 Å². The number of halogens is 4. The first kappa shape index (κ1) is 14.5. The van der Waals surface area contributed by atoms with Crippen LogP contribution >= 0.6 is 0 Å². The van der Waals surface area contributed by atoms with Gasteiger partial charge < -0.3 is 5.32 Å². The second-order valence-electron chi connectivity index (χ2n) is 4.41. The lowest BCUT2D eigenvalue weighted by Crippen LogP contribution is -2.07. The molecule has 1 nitrogen and oxygen atoms in total. The van der Waals surface area contributed by atoms with E-state index in [2.05, 4.69) is 5.32 Å². The summed E-state index contributed by atoms with van der Waals surface area (Å²) in [6, 6.07) is 9.32. The van der Waals surface area contributed by atoms with E-state index in [0.717, 1.165) is 12.1 Å². The minimum absolute atomic E-state index is 0.378. The van der Waals surface area contributed by atoms with Crippen molar-refractivity contribution in [2.24, 2.45) is 0 Å². The Balaban J connectivity index is 2.30. The highest BCUT2D eigenvalue weighted by Crippen LogP contribution is 2.31. The Morgan fingerprint density at radius 2 is 1.55 bits per heavy atom. The molecule has 0 fully saturated rings. The van der Waals surface area contributed by atoms with E-state index >= 15 is 0 Å². The average molecular weight is 283 g/mol. The van der Waals surface area contributed by atoms with Gasteiger partial charge in [-0.25, -0.2) is 4.39 Å². The molecule has 5 heteroatoms. The average Bonchev–Trinajstić information content (AvgIpc) is 2.40. The molecule has 2 aromatic carbocycles. The highest BCUT2D eigenvalue weighted by Gasteiger charge is 2.29. The van der Waals surface area contributed by atoms with Gasteiger partial charge in [-0.05, 0) is 36.4 Å². The van der Waals surface area contributed by atoms with Gasteiger partial charge in [-0.1, -0.05) is 24.3 Å². The number of alkyl halides is 3. The summed E-state index contributed by atoms with van der Waals surface area (Å²) in [6.45, 7) is 0.402. The first-order chi connectivity index (χ1) is 9.41. The SMILES string of the molecule is CNCc1ccc(-c2ccc(C(F)(F)F)cc2)cc1F. The molecular formula is C15H13F4N. The van der Waals surface area contributed by atoms with E-state index in [4.69, 9.17) is 0 Å². The van der Waals surface area contributed by atoms with Crippen LogP contribution in [0.4, 0.5) is 17.6 Å². The van der Waals surface area contributed by atoms with E-state index in [-0.39, 0.29) is 5.82 Å². The third-order valence-electron chi connectivity index (χ3n) is 2.97. The van der Waals surface area contributed by atoms with Crippen LogP contribution in [0.15, 0.2) is 42.5 Å². The molecule has 0 spiro atoms. The summed E-state index contributed by atoms with van der Waals surface area (Å²) < 4.78 is 51.1. The molecule has 0 saturated carbocycles. The van der Waals surface area contributed by atoms with Crippen molar-refractivity contribution in [2.75, 3.05) is 7.05 Å². The van der Waals surface area contributed by atoms with Crippen LogP contribution in [0.25, 0.3) is 11.1 Å². The molecule has 0 radical (unpaired) electrons. The fourth-order valence-corrected chi connectivity index (χ4v) is 1.91. The molecule has 0 aromatic heterocycles. The highest BCUT2D eigenvalue weighted by molar-refractivity contribution is 5.64. The molecule has 1 N–H and O–H groups in total. The van der Waals surface area contributed by atoms with Crippen molar-refractivity contribution in [2.45, 2.75) is 12.7 Å². The van der Waals surface area contributed by atoms with Crippen LogP contribution < -0.4 is 5.32 Å². The molecular weight excluding hydrogens is 270 g/mol. The molecule has 0 amide bonds. The van der Waals surface area contributed by atoms with E-state index in [9.17, 15) is 17.6 Å². The minimum Gasteiger partial charge on any atom is -0.316 e. The molecule has 2 rings (SSSR count). The normalized spacial score (nSPS) is 11.7. The van der Waals surface area contributed by atoms with Crippen LogP contribution in [-0.4, -0.2) is 7.05 Å². The van der Waals surface area contributed by atoms with Crippen LogP contribution in [0.5, 0.6) is 0 Å². The molecule has 0 aliphatic heterocycles. The van der Waals surface area contributed by atoms with Crippen molar-refractivity contribution in [3.05, 3.63) is 59.4 Å². The Kier molecular flexibility index (Phi) is 4.09. The number of rotatable bonds is 3. The largest absolute Gasteiger partial charge is 0.416 e. The lowest BCUT2D eigenvalue weighted by molar-refractivity contribution is -0.137. The van der Waals surface area contributed by atoms with Gasteiger partial charge >= 0.3 is 6.18 Å². The predicted octanol–water partition coefficient (Wildman–Crippen LogP) is 4.23. The minimum atomic E-state index is -4.36. The van der Waals surface area contributed by atoms with E-state index in [1.54, 1.807) is 19.2 Å². The molecule has 0 aliphatic rings. The van der Waals surface area contributed by atoms with Gasteiger partial charge in [0.2, 0.25) is 0 Å². The maximum Gasteiger partial charge on any atom is 0.416 e. The maximum atomic E-state index is 13.8. The van der Waals surface area contributed by atoms with Crippen molar-refractivity contribution in [3.8, 4) is 11.1 Å². The zero-order valence-corrected chi connectivity index (χ0v) is 10.8. The third kappa shape index (κ3) is 3.17. The Labute approximate surface area is 114 Å². The fraction of sp³-hybridized carbons (Fsp3) is 0.200. The monoisotopic (exact) mass is 283 g/mol. The number of hydrogen-bond acceptors (Lipinski definition) is 1. The van der Waals surface area contributed by atoms with Crippen molar-refractivity contribution >= 4 is 0 Å². The summed E-state index contributed by atoms with van der Waals surface area (Å²) in [7, 11) is 1.71. The lowest BCUT2D eigenvalue weighted by atomic mass is 10.0. The van der Waals surface area contributed by atoms with Gasteiger partial charge in [0.1, 0.15) is 5.82 Å². The number of nitrogens with one attached hydrogen (secondary N) is 1. The van der Waals surface area contributed by atoms with Gasteiger partial charge in [-0.3, -0.25) is 0 Å². The van der Waals surface area contributed by atoms with Crippen LogP contribution in [-0.2, 0) is 12.7 Å². The van der Waals surface area contributed by atoms with Crippen molar-refractivity contribution in [3.63, 3.8) is 0 Å². The summed E-state index contributed by atoms with van der Waals surface area (Å²) in [5, 5.41) is 2.84. The summed E-state index contributed by atoms with van der Waals surface area (Å²) in [5.41, 5.74) is 0.903. The molecule has 106 valence electrons. The van der Waals surface area contributed by atoms with Crippen LogP contribution in [0.3, 0.4) is 0 Å². The topological polar surface area (TPSA) is 12.0 Å². The zero-order chi connectivity index (χ0) is 14.8. The number of benzene rings is 2. The smallest absolute Gasteiger partial charge is 0.316 e. The fourth-order valence-electron chi connectivity index (χ4n) is 1.91. The predicted molar refractivity (Wildman–Crippen MR) is 69.6 cm³/mol. The molecule has 0 bridgehead atoms. The number of hydrogen-bond donors (Lipinski definition) is 1. The van der Waals surface area contributed by atoms with Crippen molar-refractivity contribution in [1.29, 1.82) is 0 Å². The summed E-state index contributed by atoms with van der Waals surface area (Å²) >= 11 is 0. The molecule has 2 aromatic rings. The van der Waals surface area contributed by atoms with E-state index in [0.29, 0.717) is 23.2 Å². The first-order valence-corrected chi connectivity index (χ1v) is 6.02. The molecule has 0 unspecified atom stereocenters. The van der Waals surface area contributed by atoms with Gasteiger partial charge in [-0.2, -0.15) is 13.2 Å². The second kappa shape index (κ2) is 5.63. The molecule has 0 heterocycles. The van der Waals surface area contributed by atoms with Gasteiger partial charge in [0.05, 0.1) is 5.56 Å². The second-order valence-corrected chi connectivity index (χ2v) is 4.41. The van der Waals surface area contributed by atoms with E-state index in [1.807, 2.05) is 0 Å². The molecule has 0 aliphatic carbocycles. The third-order valence-corrected chi connectivity index (χ3v) is 2.97. The quantitative estimate of drug-likeness (QED) is 0.831. The maximum absolute atomic E-state index is 13.8.